The number of halogens is 4. The third kappa shape index (κ3) is 4.76. The van der Waals surface area contributed by atoms with Crippen LogP contribution in [0, 0.1) is 0 Å². The van der Waals surface area contributed by atoms with Gasteiger partial charge in [0.05, 0.1) is 4.90 Å². The maximum Gasteiger partial charge on any atom is 0.434 e. The molecule has 1 amide bonds. The number of aromatic nitrogens is 1. The molecular formula is C23H20ClF3N4O3S2. The number of alkyl halides is 3. The van der Waals surface area contributed by atoms with Gasteiger partial charge in [0.15, 0.2) is 10.8 Å². The number of aryl methyl sites for hydroxylation is 1. The lowest BCUT2D eigenvalue weighted by Crippen LogP contribution is -2.44. The molecule has 13 heteroatoms. The summed E-state index contributed by atoms with van der Waals surface area (Å²) in [6.45, 7) is 1.24. The Balaban J connectivity index is 1.30. The Morgan fingerprint density at radius 2 is 1.86 bits per heavy atom. The van der Waals surface area contributed by atoms with Gasteiger partial charge in [-0.15, -0.1) is 11.3 Å². The van der Waals surface area contributed by atoms with Crippen LogP contribution in [0.3, 0.4) is 0 Å². The Kier molecular flexibility index (Phi) is 6.38. The van der Waals surface area contributed by atoms with E-state index in [1.54, 1.807) is 4.90 Å². The lowest BCUT2D eigenvalue weighted by molar-refractivity contribution is -0.140. The zero-order valence-electron chi connectivity index (χ0n) is 18.6. The van der Waals surface area contributed by atoms with Gasteiger partial charge in [0, 0.05) is 34.9 Å². The van der Waals surface area contributed by atoms with E-state index in [0.717, 1.165) is 36.0 Å². The van der Waals surface area contributed by atoms with Gasteiger partial charge in [-0.2, -0.15) is 13.2 Å². The zero-order chi connectivity index (χ0) is 25.7. The number of fused-ring (bicyclic) bond motifs is 1. The summed E-state index contributed by atoms with van der Waals surface area (Å²) in [6, 6.07) is 11.0. The van der Waals surface area contributed by atoms with Crippen LogP contribution < -0.4 is 14.5 Å². The number of amides is 1. The Labute approximate surface area is 214 Å². The van der Waals surface area contributed by atoms with Crippen LogP contribution in [0.15, 0.2) is 52.7 Å². The highest BCUT2D eigenvalue weighted by molar-refractivity contribution is 7.93. The van der Waals surface area contributed by atoms with E-state index in [1.165, 1.54) is 24.3 Å². The molecule has 0 aliphatic carbocycles. The molecule has 1 N–H and O–H groups in total. The average Bonchev–Trinajstić information content (AvgIpc) is 3.45. The van der Waals surface area contributed by atoms with Gasteiger partial charge in [-0.3, -0.25) is 9.52 Å². The fourth-order valence-electron chi connectivity index (χ4n) is 4.56. The standard InChI is InChI=1S/C23H20ClF3N4O3S2/c24-15-3-8-18-14(12-15)2-1-10-31(18)19-9-11-30(21(19)32)16-4-6-17(7-5-16)36(33,34)29-22-28-20(13-35-22)23(25,26)27/h3-8,12-13,19H,1-2,9-11H2,(H,28,29)/t19-/m0/s1. The average molecular weight is 557 g/mol. The number of sulfonamides is 1. The third-order valence-corrected chi connectivity index (χ3v) is 8.70. The van der Waals surface area contributed by atoms with Crippen molar-refractivity contribution in [2.45, 2.75) is 36.4 Å². The fourth-order valence-corrected chi connectivity index (χ4v) is 6.72. The predicted molar refractivity (Wildman–Crippen MR) is 132 cm³/mol. The summed E-state index contributed by atoms with van der Waals surface area (Å²) in [4.78, 5) is 20.2. The first-order valence-electron chi connectivity index (χ1n) is 11.0. The number of hydrogen-bond donors (Lipinski definition) is 1. The minimum Gasteiger partial charge on any atom is -0.359 e. The lowest BCUT2D eigenvalue weighted by atomic mass is 9.99. The van der Waals surface area contributed by atoms with Crippen molar-refractivity contribution >= 4 is 55.4 Å². The molecule has 3 heterocycles. The smallest absolute Gasteiger partial charge is 0.359 e. The number of hydrogen-bond acceptors (Lipinski definition) is 6. The fraction of sp³-hybridized carbons (Fsp3) is 0.304. The molecule has 0 saturated carbocycles. The van der Waals surface area contributed by atoms with Crippen molar-refractivity contribution in [1.29, 1.82) is 0 Å². The van der Waals surface area contributed by atoms with Crippen molar-refractivity contribution in [3.63, 3.8) is 0 Å². The quantitative estimate of drug-likeness (QED) is 0.468. The molecule has 0 radical (unpaired) electrons. The van der Waals surface area contributed by atoms with Gasteiger partial charge >= 0.3 is 6.18 Å². The number of thiazole rings is 1. The summed E-state index contributed by atoms with van der Waals surface area (Å²) in [5, 5.41) is 1.02. The van der Waals surface area contributed by atoms with Crippen molar-refractivity contribution < 1.29 is 26.4 Å². The van der Waals surface area contributed by atoms with E-state index < -0.39 is 21.9 Å². The highest BCUT2D eigenvalue weighted by Crippen LogP contribution is 2.35. The number of nitrogens with one attached hydrogen (secondary N) is 1. The SMILES string of the molecule is O=C1[C@@H](N2CCCc3cc(Cl)ccc32)CCN1c1ccc(S(=O)(=O)Nc2nc(C(F)(F)F)cs2)cc1. The predicted octanol–water partition coefficient (Wildman–Crippen LogP) is 5.17. The monoisotopic (exact) mass is 556 g/mol. The summed E-state index contributed by atoms with van der Waals surface area (Å²) in [6.07, 6.45) is -2.22. The Bertz CT molecular complexity index is 1410. The summed E-state index contributed by atoms with van der Waals surface area (Å²) >= 11 is 6.68. The topological polar surface area (TPSA) is 82.6 Å². The van der Waals surface area contributed by atoms with E-state index in [-0.39, 0.29) is 22.0 Å². The van der Waals surface area contributed by atoms with Crippen LogP contribution >= 0.6 is 22.9 Å². The van der Waals surface area contributed by atoms with Crippen molar-refractivity contribution in [2.24, 2.45) is 0 Å². The molecule has 0 unspecified atom stereocenters. The van der Waals surface area contributed by atoms with Gasteiger partial charge in [-0.1, -0.05) is 11.6 Å². The molecule has 7 nitrogen and oxygen atoms in total. The summed E-state index contributed by atoms with van der Waals surface area (Å²) < 4.78 is 65.6. The third-order valence-electron chi connectivity index (χ3n) is 6.22. The Morgan fingerprint density at radius 1 is 1.11 bits per heavy atom. The highest BCUT2D eigenvalue weighted by Gasteiger charge is 2.38. The van der Waals surface area contributed by atoms with Gasteiger partial charge < -0.3 is 9.80 Å². The van der Waals surface area contributed by atoms with Gasteiger partial charge in [0.25, 0.3) is 10.0 Å². The number of rotatable bonds is 5. The van der Waals surface area contributed by atoms with Crippen LogP contribution in [-0.4, -0.2) is 38.4 Å². The first kappa shape index (κ1) is 24.8. The normalized spacial score (nSPS) is 18.4. The maximum atomic E-state index is 13.3. The number of benzene rings is 2. The molecule has 1 saturated heterocycles. The van der Waals surface area contributed by atoms with Crippen LogP contribution in [0.4, 0.5) is 29.7 Å². The molecule has 2 aromatic carbocycles. The zero-order valence-corrected chi connectivity index (χ0v) is 21.0. The van der Waals surface area contributed by atoms with Crippen LogP contribution in [0.5, 0.6) is 0 Å². The number of carbonyl (C=O) groups excluding carboxylic acids is 1. The molecule has 5 rings (SSSR count). The second-order valence-electron chi connectivity index (χ2n) is 8.50. The highest BCUT2D eigenvalue weighted by atomic mass is 35.5. The van der Waals surface area contributed by atoms with E-state index in [0.29, 0.717) is 35.0 Å². The summed E-state index contributed by atoms with van der Waals surface area (Å²) in [7, 11) is -4.16. The second-order valence-corrected chi connectivity index (χ2v) is 11.5. The van der Waals surface area contributed by atoms with E-state index in [2.05, 4.69) is 14.6 Å². The van der Waals surface area contributed by atoms with Crippen molar-refractivity contribution in [3.8, 4) is 0 Å². The van der Waals surface area contributed by atoms with Crippen LogP contribution in [-0.2, 0) is 27.4 Å². The first-order valence-corrected chi connectivity index (χ1v) is 13.8. The van der Waals surface area contributed by atoms with Gasteiger partial charge in [-0.25, -0.2) is 13.4 Å². The van der Waals surface area contributed by atoms with Crippen LogP contribution in [0.1, 0.15) is 24.1 Å². The Morgan fingerprint density at radius 3 is 2.56 bits per heavy atom. The van der Waals surface area contributed by atoms with Crippen molar-refractivity contribution in [2.75, 3.05) is 27.6 Å². The maximum absolute atomic E-state index is 13.3. The van der Waals surface area contributed by atoms with Gasteiger partial charge in [-0.05, 0) is 67.3 Å². The molecule has 2 aliphatic rings. The number of nitrogens with zero attached hydrogens (tertiary/aromatic N) is 3. The van der Waals surface area contributed by atoms with Crippen molar-refractivity contribution in [3.05, 3.63) is 64.1 Å². The van der Waals surface area contributed by atoms with E-state index in [4.69, 9.17) is 11.6 Å². The number of carbonyl (C=O) groups is 1. The summed E-state index contributed by atoms with van der Waals surface area (Å²) in [5.74, 6) is -0.0750. The molecular weight excluding hydrogens is 537 g/mol. The van der Waals surface area contributed by atoms with Gasteiger partial charge in [0.1, 0.15) is 6.04 Å². The van der Waals surface area contributed by atoms with Crippen LogP contribution in [0.25, 0.3) is 0 Å². The minimum atomic E-state index is -4.66. The van der Waals surface area contributed by atoms with E-state index in [1.807, 2.05) is 18.2 Å². The first-order chi connectivity index (χ1) is 17.0. The second kappa shape index (κ2) is 9.24. The molecule has 0 spiro atoms. The number of anilines is 3. The Hall–Kier alpha value is -2.83. The van der Waals surface area contributed by atoms with Crippen molar-refractivity contribution in [1.82, 2.24) is 4.98 Å². The summed E-state index contributed by atoms with van der Waals surface area (Å²) in [5.41, 5.74) is 1.50. The van der Waals surface area contributed by atoms with E-state index in [9.17, 15) is 26.4 Å². The molecule has 0 bridgehead atoms. The van der Waals surface area contributed by atoms with Gasteiger partial charge in [0.2, 0.25) is 5.91 Å². The van der Waals surface area contributed by atoms with Crippen LogP contribution in [0.2, 0.25) is 5.02 Å². The lowest BCUT2D eigenvalue weighted by Gasteiger charge is -2.35. The molecule has 190 valence electrons. The minimum absolute atomic E-state index is 0.0750. The molecule has 1 fully saturated rings. The molecule has 2 aliphatic heterocycles. The molecule has 3 aromatic rings. The van der Waals surface area contributed by atoms with E-state index >= 15 is 0 Å². The largest absolute Gasteiger partial charge is 0.434 e. The molecule has 1 aromatic heterocycles. The molecule has 36 heavy (non-hydrogen) atoms. The molecule has 1 atom stereocenters.